The fourth-order valence-electron chi connectivity index (χ4n) is 3.42. The molecule has 0 unspecified atom stereocenters. The van der Waals surface area contributed by atoms with E-state index >= 15 is 0 Å². The number of rotatable bonds is 3. The van der Waals surface area contributed by atoms with Gasteiger partial charge in [-0.1, -0.05) is 48.6 Å². The molecule has 2 rings (SSSR count). The van der Waals surface area contributed by atoms with Crippen LogP contribution in [-0.2, 0) is 9.53 Å². The van der Waals surface area contributed by atoms with Gasteiger partial charge in [0.1, 0.15) is 6.10 Å². The zero-order valence-electron chi connectivity index (χ0n) is 17.3. The Morgan fingerprint density at radius 2 is 2.10 bits per heavy atom. The maximum absolute atomic E-state index is 12.3. The van der Waals surface area contributed by atoms with Crippen LogP contribution in [0.2, 0.25) is 0 Å². The van der Waals surface area contributed by atoms with E-state index < -0.39 is 24.3 Å². The van der Waals surface area contributed by atoms with E-state index in [0.29, 0.717) is 18.1 Å². The Morgan fingerprint density at radius 1 is 1.31 bits per heavy atom. The Hall–Kier alpha value is -1.57. The average Bonchev–Trinajstić information content (AvgIpc) is 3.08. The minimum atomic E-state index is -0.832. The van der Waals surface area contributed by atoms with Crippen LogP contribution in [0.4, 0.5) is 4.79 Å². The fraction of sp³-hybridized carbons (Fsp3) is 0.636. The number of cyclic esters (lactones) is 1. The van der Waals surface area contributed by atoms with Crippen molar-refractivity contribution in [2.45, 2.75) is 76.7 Å². The van der Waals surface area contributed by atoms with Crippen molar-refractivity contribution in [1.29, 1.82) is 0 Å². The molecule has 162 valence electrons. The van der Waals surface area contributed by atoms with E-state index in [1.807, 2.05) is 19.1 Å². The van der Waals surface area contributed by atoms with Crippen molar-refractivity contribution in [3.63, 3.8) is 0 Å². The molecule has 6 nitrogen and oxygen atoms in total. The predicted molar refractivity (Wildman–Crippen MR) is 116 cm³/mol. The number of ether oxygens (including phenoxy) is 1. The van der Waals surface area contributed by atoms with Gasteiger partial charge in [-0.15, -0.1) is 0 Å². The van der Waals surface area contributed by atoms with E-state index in [4.69, 9.17) is 4.74 Å². The second-order valence-electron chi connectivity index (χ2n) is 8.00. The van der Waals surface area contributed by atoms with Crippen molar-refractivity contribution >= 4 is 23.0 Å². The quantitative estimate of drug-likeness (QED) is 0.602. The SMILES string of the molecule is C/C1=C/C(=O)O[C@@H](C[C@@H](O)[C@@H]2CSC(=O)N2)C[C@H](O)CC[C@H](C)/C=C\C=C\CC1. The van der Waals surface area contributed by atoms with Crippen molar-refractivity contribution in [1.82, 2.24) is 5.32 Å². The van der Waals surface area contributed by atoms with Gasteiger partial charge in [-0.25, -0.2) is 4.79 Å². The van der Waals surface area contributed by atoms with Crippen molar-refractivity contribution < 1.29 is 24.5 Å². The number of thioether (sulfide) groups is 1. The van der Waals surface area contributed by atoms with Crippen LogP contribution in [0.3, 0.4) is 0 Å². The molecule has 2 aliphatic heterocycles. The van der Waals surface area contributed by atoms with Gasteiger partial charge in [0.15, 0.2) is 0 Å². The number of carbonyl (C=O) groups excluding carboxylic acids is 2. The first-order valence-corrected chi connectivity index (χ1v) is 11.3. The summed E-state index contributed by atoms with van der Waals surface area (Å²) in [4.78, 5) is 23.7. The Bertz CT molecular complexity index is 645. The molecule has 29 heavy (non-hydrogen) atoms. The molecule has 1 fully saturated rings. The number of hydrogen-bond donors (Lipinski definition) is 3. The predicted octanol–water partition coefficient (Wildman–Crippen LogP) is 3.49. The number of aliphatic hydroxyl groups is 2. The molecule has 5 atom stereocenters. The van der Waals surface area contributed by atoms with E-state index in [1.165, 1.54) is 6.08 Å². The van der Waals surface area contributed by atoms with Crippen LogP contribution >= 0.6 is 11.8 Å². The lowest BCUT2D eigenvalue weighted by atomic mass is 9.96. The summed E-state index contributed by atoms with van der Waals surface area (Å²) in [5, 5.41) is 23.5. The van der Waals surface area contributed by atoms with E-state index in [1.54, 1.807) is 0 Å². The zero-order valence-corrected chi connectivity index (χ0v) is 18.1. The van der Waals surface area contributed by atoms with Gasteiger partial charge in [-0.05, 0) is 38.5 Å². The first-order valence-electron chi connectivity index (χ1n) is 10.3. The molecule has 3 N–H and O–H groups in total. The fourth-order valence-corrected chi connectivity index (χ4v) is 4.29. The van der Waals surface area contributed by atoms with Crippen LogP contribution in [0.15, 0.2) is 36.0 Å². The molecule has 1 amide bonds. The van der Waals surface area contributed by atoms with Crippen molar-refractivity contribution in [2.75, 3.05) is 5.75 Å². The van der Waals surface area contributed by atoms with Gasteiger partial charge in [0.25, 0.3) is 5.24 Å². The lowest BCUT2D eigenvalue weighted by Crippen LogP contribution is -2.41. The van der Waals surface area contributed by atoms with Gasteiger partial charge in [-0.2, -0.15) is 0 Å². The maximum Gasteiger partial charge on any atom is 0.330 e. The van der Waals surface area contributed by atoms with E-state index in [-0.39, 0.29) is 24.1 Å². The molecule has 0 aromatic heterocycles. The van der Waals surface area contributed by atoms with Gasteiger partial charge in [0, 0.05) is 24.7 Å². The molecule has 2 aliphatic rings. The Balaban J connectivity index is 2.06. The summed E-state index contributed by atoms with van der Waals surface area (Å²) in [7, 11) is 0. The minimum absolute atomic E-state index is 0.154. The largest absolute Gasteiger partial charge is 0.459 e. The lowest BCUT2D eigenvalue weighted by Gasteiger charge is -2.25. The number of hydrogen-bond acceptors (Lipinski definition) is 6. The number of allylic oxidation sites excluding steroid dienone is 5. The highest BCUT2D eigenvalue weighted by Crippen LogP contribution is 2.22. The third kappa shape index (κ3) is 9.19. The normalized spacial score (nSPS) is 35.1. The van der Waals surface area contributed by atoms with Crippen LogP contribution in [0.5, 0.6) is 0 Å². The lowest BCUT2D eigenvalue weighted by molar-refractivity contribution is -0.146. The first-order chi connectivity index (χ1) is 13.8. The van der Waals surface area contributed by atoms with Gasteiger partial charge in [0.05, 0.1) is 18.2 Å². The Labute approximate surface area is 177 Å². The Kier molecular flexibility index (Phi) is 9.97. The van der Waals surface area contributed by atoms with Crippen molar-refractivity contribution in [3.05, 3.63) is 36.0 Å². The molecular weight excluding hydrogens is 390 g/mol. The smallest absolute Gasteiger partial charge is 0.330 e. The van der Waals surface area contributed by atoms with Gasteiger partial charge in [0.2, 0.25) is 0 Å². The van der Waals surface area contributed by atoms with Crippen LogP contribution in [-0.4, -0.2) is 51.5 Å². The second-order valence-corrected chi connectivity index (χ2v) is 8.99. The molecule has 0 radical (unpaired) electrons. The minimum Gasteiger partial charge on any atom is -0.459 e. The third-order valence-corrected chi connectivity index (χ3v) is 6.10. The molecule has 0 spiro atoms. The van der Waals surface area contributed by atoms with Gasteiger partial charge < -0.3 is 20.3 Å². The maximum atomic E-state index is 12.3. The molecule has 0 aromatic rings. The first kappa shape index (κ1) is 23.7. The van der Waals surface area contributed by atoms with Crippen LogP contribution < -0.4 is 5.32 Å². The van der Waals surface area contributed by atoms with E-state index in [9.17, 15) is 19.8 Å². The molecule has 0 aromatic carbocycles. The summed E-state index contributed by atoms with van der Waals surface area (Å²) in [6.45, 7) is 3.99. The highest BCUT2D eigenvalue weighted by Gasteiger charge is 2.31. The van der Waals surface area contributed by atoms with Crippen LogP contribution in [0.25, 0.3) is 0 Å². The molecular formula is C22H33NO5S. The summed E-state index contributed by atoms with van der Waals surface area (Å²) < 4.78 is 5.59. The zero-order chi connectivity index (χ0) is 21.2. The highest BCUT2D eigenvalue weighted by atomic mass is 32.2. The number of nitrogens with one attached hydrogen (secondary N) is 1. The standard InChI is InChI=1S/C22H33NO5S/c1-15-7-5-3-4-6-8-16(2)11-21(26)28-18(12-17(24)10-9-15)13-20(25)19-14-29-22(27)23-19/h3-5,7,11,15,17-20,24-25H,6,8-10,12-14H2,1-2H3,(H,23,27)/b4-3+,7-5-,16-11-/t15-,17-,18-,19+,20-/m1/s1. The van der Waals surface area contributed by atoms with E-state index in [2.05, 4.69) is 24.4 Å². The molecule has 7 heteroatoms. The van der Waals surface area contributed by atoms with Gasteiger partial charge >= 0.3 is 5.97 Å². The van der Waals surface area contributed by atoms with Crippen molar-refractivity contribution in [2.24, 2.45) is 5.92 Å². The molecule has 0 saturated carbocycles. The van der Waals surface area contributed by atoms with Crippen LogP contribution in [0, 0.1) is 5.92 Å². The Morgan fingerprint density at radius 3 is 2.83 bits per heavy atom. The number of esters is 1. The topological polar surface area (TPSA) is 95.9 Å². The molecule has 2 heterocycles. The summed E-state index contributed by atoms with van der Waals surface area (Å²) in [5.41, 5.74) is 0.920. The summed E-state index contributed by atoms with van der Waals surface area (Å²) in [5.74, 6) is 0.363. The van der Waals surface area contributed by atoms with Gasteiger partial charge in [-0.3, -0.25) is 4.79 Å². The van der Waals surface area contributed by atoms with Crippen molar-refractivity contribution in [3.8, 4) is 0 Å². The summed E-state index contributed by atoms with van der Waals surface area (Å²) in [6, 6.07) is -0.363. The molecule has 0 aliphatic carbocycles. The summed E-state index contributed by atoms with van der Waals surface area (Å²) >= 11 is 1.14. The molecule has 0 bridgehead atoms. The van der Waals surface area contributed by atoms with Crippen LogP contribution in [0.1, 0.15) is 52.4 Å². The number of amides is 1. The summed E-state index contributed by atoms with van der Waals surface area (Å²) in [6.07, 6.45) is 11.1. The number of aliphatic hydroxyl groups excluding tert-OH is 2. The number of carbonyl (C=O) groups is 2. The second kappa shape index (κ2) is 12.2. The average molecular weight is 424 g/mol. The monoisotopic (exact) mass is 423 g/mol. The highest BCUT2D eigenvalue weighted by molar-refractivity contribution is 8.13. The molecule has 1 saturated heterocycles. The third-order valence-electron chi connectivity index (χ3n) is 5.20. The van der Waals surface area contributed by atoms with E-state index in [0.717, 1.165) is 36.6 Å².